The van der Waals surface area contributed by atoms with E-state index in [-0.39, 0.29) is 24.0 Å². The highest BCUT2D eigenvalue weighted by Gasteiger charge is 2.12. The minimum atomic E-state index is -0.577. The molecule has 0 N–H and O–H groups in total. The number of aromatic nitrogens is 3. The van der Waals surface area contributed by atoms with E-state index in [0.29, 0.717) is 11.3 Å². The van der Waals surface area contributed by atoms with Crippen molar-refractivity contribution in [3.8, 4) is 17.2 Å². The lowest BCUT2D eigenvalue weighted by Gasteiger charge is -2.01. The second kappa shape index (κ2) is 6.32. The Morgan fingerprint density at radius 3 is 2.62 bits per heavy atom. The van der Waals surface area contributed by atoms with Crippen molar-refractivity contribution in [2.45, 2.75) is 6.54 Å². The number of hydrogen-bond donors (Lipinski definition) is 0. The molecule has 2 heterocycles. The average molecular weight is 328 g/mol. The molecule has 3 aromatic rings. The van der Waals surface area contributed by atoms with Gasteiger partial charge in [-0.1, -0.05) is 0 Å². The first-order valence-electron chi connectivity index (χ1n) is 6.88. The van der Waals surface area contributed by atoms with E-state index in [1.807, 2.05) is 0 Å². The third-order valence-corrected chi connectivity index (χ3v) is 3.29. The van der Waals surface area contributed by atoms with Crippen LogP contribution in [0.1, 0.15) is 5.89 Å². The van der Waals surface area contributed by atoms with Crippen LogP contribution in [0.3, 0.4) is 0 Å². The van der Waals surface area contributed by atoms with Crippen LogP contribution < -0.4 is 10.3 Å². The highest BCUT2D eigenvalue weighted by atomic mass is 16.6. The van der Waals surface area contributed by atoms with Crippen LogP contribution in [0.2, 0.25) is 0 Å². The predicted molar refractivity (Wildman–Crippen MR) is 82.7 cm³/mol. The molecular formula is C15H12N4O5. The standard InChI is InChI=1S/C15H12N4O5/c1-23-12-5-2-10(3-6-12)15-17-16-13(24-15)9-18-8-11(19(21)22)4-7-14(18)20/h2-8H,9H2,1H3. The van der Waals surface area contributed by atoms with E-state index in [1.165, 1.54) is 0 Å². The lowest BCUT2D eigenvalue weighted by Crippen LogP contribution is -2.19. The van der Waals surface area contributed by atoms with Crippen LogP contribution in [0.5, 0.6) is 5.75 Å². The van der Waals surface area contributed by atoms with Gasteiger partial charge in [-0.3, -0.25) is 19.5 Å². The van der Waals surface area contributed by atoms with Crippen molar-refractivity contribution >= 4 is 5.69 Å². The first-order chi connectivity index (χ1) is 11.6. The summed E-state index contributed by atoms with van der Waals surface area (Å²) in [6.07, 6.45) is 1.14. The molecule has 9 nitrogen and oxygen atoms in total. The molecule has 0 radical (unpaired) electrons. The fourth-order valence-corrected chi connectivity index (χ4v) is 2.06. The Bertz CT molecular complexity index is 930. The molecule has 0 atom stereocenters. The van der Waals surface area contributed by atoms with Gasteiger partial charge in [-0.25, -0.2) is 0 Å². The van der Waals surface area contributed by atoms with Crippen molar-refractivity contribution in [3.05, 3.63) is 69.0 Å². The van der Waals surface area contributed by atoms with Crippen LogP contribution in [0.4, 0.5) is 5.69 Å². The van der Waals surface area contributed by atoms with Crippen molar-refractivity contribution in [1.29, 1.82) is 0 Å². The summed E-state index contributed by atoms with van der Waals surface area (Å²) in [5, 5.41) is 18.6. The van der Waals surface area contributed by atoms with Crippen LogP contribution in [-0.4, -0.2) is 26.8 Å². The summed E-state index contributed by atoms with van der Waals surface area (Å²) < 4.78 is 11.7. The third-order valence-electron chi connectivity index (χ3n) is 3.29. The van der Waals surface area contributed by atoms with Crippen molar-refractivity contribution in [2.75, 3.05) is 7.11 Å². The quantitative estimate of drug-likeness (QED) is 0.519. The van der Waals surface area contributed by atoms with Crippen LogP contribution in [0.15, 0.2) is 51.8 Å². The first-order valence-corrected chi connectivity index (χ1v) is 6.88. The predicted octanol–water partition coefficient (Wildman–Crippen LogP) is 1.86. The Kier molecular flexibility index (Phi) is 4.06. The molecule has 3 rings (SSSR count). The summed E-state index contributed by atoms with van der Waals surface area (Å²) in [7, 11) is 1.57. The van der Waals surface area contributed by atoms with Gasteiger partial charge in [0.05, 0.1) is 18.2 Å². The summed E-state index contributed by atoms with van der Waals surface area (Å²) in [6, 6.07) is 9.30. The molecule has 24 heavy (non-hydrogen) atoms. The van der Waals surface area contributed by atoms with Gasteiger partial charge in [0.25, 0.3) is 11.2 Å². The lowest BCUT2D eigenvalue weighted by atomic mass is 10.2. The fraction of sp³-hybridized carbons (Fsp3) is 0.133. The Morgan fingerprint density at radius 1 is 1.21 bits per heavy atom. The molecule has 0 fully saturated rings. The van der Waals surface area contributed by atoms with E-state index in [2.05, 4.69) is 10.2 Å². The second-order valence-corrected chi connectivity index (χ2v) is 4.84. The summed E-state index contributed by atoms with van der Waals surface area (Å²) in [6.45, 7) is -0.0519. The smallest absolute Gasteiger partial charge is 0.285 e. The first kappa shape index (κ1) is 15.4. The monoisotopic (exact) mass is 328 g/mol. The number of ether oxygens (including phenoxy) is 1. The molecule has 0 spiro atoms. The van der Waals surface area contributed by atoms with Gasteiger partial charge >= 0.3 is 0 Å². The van der Waals surface area contributed by atoms with E-state index < -0.39 is 10.5 Å². The van der Waals surface area contributed by atoms with E-state index in [0.717, 1.165) is 22.9 Å². The van der Waals surface area contributed by atoms with Gasteiger partial charge in [0, 0.05) is 17.7 Å². The van der Waals surface area contributed by atoms with E-state index >= 15 is 0 Å². The van der Waals surface area contributed by atoms with Crippen molar-refractivity contribution in [2.24, 2.45) is 0 Å². The maximum atomic E-state index is 11.8. The normalized spacial score (nSPS) is 10.5. The van der Waals surface area contributed by atoms with Gasteiger partial charge in [0.15, 0.2) is 0 Å². The second-order valence-electron chi connectivity index (χ2n) is 4.84. The molecule has 0 aliphatic heterocycles. The Morgan fingerprint density at radius 2 is 1.96 bits per heavy atom. The lowest BCUT2D eigenvalue weighted by molar-refractivity contribution is -0.385. The number of pyridine rings is 1. The SMILES string of the molecule is COc1ccc(-c2nnc(Cn3cc([N+](=O)[O-])ccc3=O)o2)cc1. The Hall–Kier alpha value is -3.49. The molecule has 1 aromatic carbocycles. The van der Waals surface area contributed by atoms with Crippen molar-refractivity contribution < 1.29 is 14.1 Å². The summed E-state index contributed by atoms with van der Waals surface area (Å²) in [4.78, 5) is 22.0. The fourth-order valence-electron chi connectivity index (χ4n) is 2.06. The molecule has 9 heteroatoms. The zero-order valence-corrected chi connectivity index (χ0v) is 12.6. The van der Waals surface area contributed by atoms with Crippen molar-refractivity contribution in [3.63, 3.8) is 0 Å². The molecule has 0 saturated heterocycles. The number of benzene rings is 1. The van der Waals surface area contributed by atoms with Gasteiger partial charge in [0.2, 0.25) is 11.8 Å². The maximum absolute atomic E-state index is 11.8. The zero-order valence-electron chi connectivity index (χ0n) is 12.6. The Balaban J connectivity index is 1.85. The minimum absolute atomic E-state index is 0.0519. The van der Waals surface area contributed by atoms with E-state index in [4.69, 9.17) is 9.15 Å². The molecule has 0 unspecified atom stereocenters. The highest BCUT2D eigenvalue weighted by molar-refractivity contribution is 5.53. The molecule has 2 aromatic heterocycles. The van der Waals surface area contributed by atoms with E-state index in [9.17, 15) is 14.9 Å². The number of rotatable bonds is 5. The summed E-state index contributed by atoms with van der Waals surface area (Å²) >= 11 is 0. The molecule has 0 amide bonds. The Labute approximate surface area is 135 Å². The number of hydrogen-bond acceptors (Lipinski definition) is 7. The van der Waals surface area contributed by atoms with Gasteiger partial charge in [0.1, 0.15) is 12.3 Å². The molecule has 0 aliphatic carbocycles. The van der Waals surface area contributed by atoms with Crippen LogP contribution in [0.25, 0.3) is 11.5 Å². The molecular weight excluding hydrogens is 316 g/mol. The molecule has 0 saturated carbocycles. The minimum Gasteiger partial charge on any atom is -0.497 e. The third kappa shape index (κ3) is 3.14. The highest BCUT2D eigenvalue weighted by Crippen LogP contribution is 2.21. The molecule has 122 valence electrons. The van der Waals surface area contributed by atoms with Crippen LogP contribution in [-0.2, 0) is 6.54 Å². The largest absolute Gasteiger partial charge is 0.497 e. The number of nitro groups is 1. The van der Waals surface area contributed by atoms with Crippen LogP contribution >= 0.6 is 0 Å². The summed E-state index contributed by atoms with van der Waals surface area (Å²) in [5.74, 6) is 1.15. The number of methoxy groups -OCH3 is 1. The van der Waals surface area contributed by atoms with Gasteiger partial charge in [-0.15, -0.1) is 10.2 Å². The topological polar surface area (TPSA) is 113 Å². The van der Waals surface area contributed by atoms with Crippen LogP contribution in [0, 0.1) is 10.1 Å². The molecule has 0 bridgehead atoms. The number of nitrogens with zero attached hydrogens (tertiary/aromatic N) is 4. The van der Waals surface area contributed by atoms with E-state index in [1.54, 1.807) is 31.4 Å². The maximum Gasteiger partial charge on any atom is 0.285 e. The van der Waals surface area contributed by atoms with Crippen molar-refractivity contribution in [1.82, 2.24) is 14.8 Å². The zero-order chi connectivity index (χ0) is 17.1. The molecule has 0 aliphatic rings. The summed E-state index contributed by atoms with van der Waals surface area (Å²) in [5.41, 5.74) is 0.107. The van der Waals surface area contributed by atoms with Gasteiger partial charge in [-0.05, 0) is 24.3 Å². The van der Waals surface area contributed by atoms with Gasteiger partial charge in [-0.2, -0.15) is 0 Å². The average Bonchev–Trinajstić information content (AvgIpc) is 3.05. The van der Waals surface area contributed by atoms with Gasteiger partial charge < -0.3 is 9.15 Å².